The molecular formula is C23H23N3O2. The van der Waals surface area contributed by atoms with Gasteiger partial charge in [0.25, 0.3) is 11.8 Å². The van der Waals surface area contributed by atoms with Crippen LogP contribution in [0.15, 0.2) is 66.7 Å². The van der Waals surface area contributed by atoms with Crippen molar-refractivity contribution in [1.29, 1.82) is 0 Å². The highest BCUT2D eigenvalue weighted by molar-refractivity contribution is 6.06. The van der Waals surface area contributed by atoms with Crippen LogP contribution in [0.4, 0.5) is 11.4 Å². The van der Waals surface area contributed by atoms with E-state index in [1.807, 2.05) is 55.5 Å². The second-order valence-corrected chi connectivity index (χ2v) is 6.38. The standard InChI is InChI=1S/C23H23N3O2/c1-3-16-12-14-18(15-13-16)24-22(27)20-10-7-11-21(25-20)23(28)26-19-9-6-5-8-17(19)4-2/h5-15H,3-4H2,1-2H3,(H,24,27)(H,26,28). The molecule has 5 heteroatoms. The van der Waals surface area contributed by atoms with E-state index in [9.17, 15) is 9.59 Å². The van der Waals surface area contributed by atoms with Gasteiger partial charge in [-0.1, -0.05) is 50.2 Å². The maximum atomic E-state index is 12.6. The summed E-state index contributed by atoms with van der Waals surface area (Å²) >= 11 is 0. The fraction of sp³-hybridized carbons (Fsp3) is 0.174. The Bertz CT molecular complexity index is 981. The lowest BCUT2D eigenvalue weighted by atomic mass is 10.1. The summed E-state index contributed by atoms with van der Waals surface area (Å²) in [7, 11) is 0. The third kappa shape index (κ3) is 4.62. The molecule has 0 unspecified atom stereocenters. The highest BCUT2D eigenvalue weighted by Gasteiger charge is 2.14. The average molecular weight is 373 g/mol. The van der Waals surface area contributed by atoms with Crippen LogP contribution >= 0.6 is 0 Å². The SMILES string of the molecule is CCc1ccc(NC(=O)c2cccc(C(=O)Nc3ccccc3CC)n2)cc1. The Morgan fingerprint density at radius 2 is 1.39 bits per heavy atom. The number of hydrogen-bond acceptors (Lipinski definition) is 3. The molecule has 1 heterocycles. The van der Waals surface area contributed by atoms with E-state index in [2.05, 4.69) is 22.5 Å². The molecule has 2 aromatic carbocycles. The topological polar surface area (TPSA) is 71.1 Å². The van der Waals surface area contributed by atoms with Gasteiger partial charge in [-0.05, 0) is 54.3 Å². The lowest BCUT2D eigenvalue weighted by Crippen LogP contribution is -2.19. The van der Waals surface area contributed by atoms with Gasteiger partial charge >= 0.3 is 0 Å². The van der Waals surface area contributed by atoms with Crippen molar-refractivity contribution in [1.82, 2.24) is 4.98 Å². The fourth-order valence-electron chi connectivity index (χ4n) is 2.84. The molecule has 0 saturated carbocycles. The zero-order valence-corrected chi connectivity index (χ0v) is 16.0. The van der Waals surface area contributed by atoms with Gasteiger partial charge in [-0.25, -0.2) is 4.98 Å². The van der Waals surface area contributed by atoms with Crippen LogP contribution in [0, 0.1) is 0 Å². The largest absolute Gasteiger partial charge is 0.321 e. The summed E-state index contributed by atoms with van der Waals surface area (Å²) in [6.07, 6.45) is 1.75. The van der Waals surface area contributed by atoms with Crippen molar-refractivity contribution in [3.05, 3.63) is 89.2 Å². The van der Waals surface area contributed by atoms with E-state index in [-0.39, 0.29) is 23.2 Å². The molecule has 1 aromatic heterocycles. The van der Waals surface area contributed by atoms with E-state index in [0.717, 1.165) is 24.1 Å². The molecule has 0 fully saturated rings. The van der Waals surface area contributed by atoms with E-state index in [4.69, 9.17) is 0 Å². The van der Waals surface area contributed by atoms with Crippen LogP contribution in [-0.2, 0) is 12.8 Å². The van der Waals surface area contributed by atoms with Gasteiger partial charge in [0.2, 0.25) is 0 Å². The van der Waals surface area contributed by atoms with Crippen LogP contribution in [0.25, 0.3) is 0 Å². The molecule has 3 aromatic rings. The first-order chi connectivity index (χ1) is 13.6. The molecule has 0 bridgehead atoms. The minimum atomic E-state index is -0.354. The Labute approximate surface area is 164 Å². The first kappa shape index (κ1) is 19.3. The van der Waals surface area contributed by atoms with Gasteiger partial charge in [0, 0.05) is 11.4 Å². The van der Waals surface area contributed by atoms with Crippen LogP contribution < -0.4 is 10.6 Å². The normalized spacial score (nSPS) is 10.4. The monoisotopic (exact) mass is 373 g/mol. The summed E-state index contributed by atoms with van der Waals surface area (Å²) in [5, 5.41) is 5.68. The number of pyridine rings is 1. The minimum Gasteiger partial charge on any atom is -0.321 e. The maximum absolute atomic E-state index is 12.6. The quantitative estimate of drug-likeness (QED) is 0.657. The predicted molar refractivity (Wildman–Crippen MR) is 112 cm³/mol. The number of carbonyl (C=O) groups is 2. The summed E-state index contributed by atoms with van der Waals surface area (Å²) in [6.45, 7) is 4.11. The Morgan fingerprint density at radius 1 is 0.750 bits per heavy atom. The number of hydrogen-bond donors (Lipinski definition) is 2. The Morgan fingerprint density at radius 3 is 2.04 bits per heavy atom. The molecular weight excluding hydrogens is 350 g/mol. The van der Waals surface area contributed by atoms with Gasteiger partial charge < -0.3 is 10.6 Å². The molecule has 2 N–H and O–H groups in total. The molecule has 28 heavy (non-hydrogen) atoms. The van der Waals surface area contributed by atoms with Crippen molar-refractivity contribution in [3.8, 4) is 0 Å². The second-order valence-electron chi connectivity index (χ2n) is 6.38. The van der Waals surface area contributed by atoms with Crippen molar-refractivity contribution in [2.75, 3.05) is 10.6 Å². The van der Waals surface area contributed by atoms with E-state index in [1.54, 1.807) is 18.2 Å². The van der Waals surface area contributed by atoms with Crippen molar-refractivity contribution >= 4 is 23.2 Å². The molecule has 142 valence electrons. The molecule has 0 spiro atoms. The lowest BCUT2D eigenvalue weighted by molar-refractivity contribution is 0.101. The van der Waals surface area contributed by atoms with Crippen LogP contribution in [0.1, 0.15) is 46.0 Å². The number of nitrogens with zero attached hydrogens (tertiary/aromatic N) is 1. The molecule has 0 atom stereocenters. The summed E-state index contributed by atoms with van der Waals surface area (Å²) in [5.41, 5.74) is 4.07. The Kier molecular flexibility index (Phi) is 6.17. The first-order valence-electron chi connectivity index (χ1n) is 9.37. The van der Waals surface area contributed by atoms with Gasteiger partial charge in [-0.3, -0.25) is 9.59 Å². The van der Waals surface area contributed by atoms with Crippen LogP contribution in [0.5, 0.6) is 0 Å². The number of amides is 2. The molecule has 3 rings (SSSR count). The van der Waals surface area contributed by atoms with Crippen LogP contribution in [-0.4, -0.2) is 16.8 Å². The first-order valence-corrected chi connectivity index (χ1v) is 9.37. The number of para-hydroxylation sites is 1. The third-order valence-corrected chi connectivity index (χ3v) is 4.48. The van der Waals surface area contributed by atoms with Crippen molar-refractivity contribution in [3.63, 3.8) is 0 Å². The molecule has 0 saturated heterocycles. The Hall–Kier alpha value is -3.47. The van der Waals surface area contributed by atoms with E-state index in [1.165, 1.54) is 5.56 Å². The van der Waals surface area contributed by atoms with Gasteiger partial charge in [0.05, 0.1) is 0 Å². The zero-order chi connectivity index (χ0) is 19.9. The Balaban J connectivity index is 1.73. The van der Waals surface area contributed by atoms with E-state index >= 15 is 0 Å². The van der Waals surface area contributed by atoms with Crippen LogP contribution in [0.2, 0.25) is 0 Å². The summed E-state index contributed by atoms with van der Waals surface area (Å²) in [5.74, 6) is -0.698. The van der Waals surface area contributed by atoms with Crippen molar-refractivity contribution in [2.45, 2.75) is 26.7 Å². The number of rotatable bonds is 6. The average Bonchev–Trinajstić information content (AvgIpc) is 2.74. The number of aromatic nitrogens is 1. The molecule has 0 aliphatic heterocycles. The summed E-state index contributed by atoms with van der Waals surface area (Å²) < 4.78 is 0. The van der Waals surface area contributed by atoms with Gasteiger partial charge in [0.15, 0.2) is 0 Å². The third-order valence-electron chi connectivity index (χ3n) is 4.48. The van der Waals surface area contributed by atoms with E-state index < -0.39 is 0 Å². The number of anilines is 2. The number of aryl methyl sites for hydroxylation is 2. The maximum Gasteiger partial charge on any atom is 0.274 e. The van der Waals surface area contributed by atoms with Crippen LogP contribution in [0.3, 0.4) is 0 Å². The van der Waals surface area contributed by atoms with Crippen molar-refractivity contribution < 1.29 is 9.59 Å². The zero-order valence-electron chi connectivity index (χ0n) is 16.0. The van der Waals surface area contributed by atoms with Gasteiger partial charge in [-0.15, -0.1) is 0 Å². The molecule has 2 amide bonds. The summed E-state index contributed by atoms with van der Waals surface area (Å²) in [6, 6.07) is 20.1. The highest BCUT2D eigenvalue weighted by Crippen LogP contribution is 2.17. The molecule has 0 aliphatic carbocycles. The highest BCUT2D eigenvalue weighted by atomic mass is 16.2. The number of nitrogens with one attached hydrogen (secondary N) is 2. The second kappa shape index (κ2) is 8.95. The van der Waals surface area contributed by atoms with Crippen molar-refractivity contribution in [2.24, 2.45) is 0 Å². The lowest BCUT2D eigenvalue weighted by Gasteiger charge is -2.10. The molecule has 5 nitrogen and oxygen atoms in total. The number of carbonyl (C=O) groups excluding carboxylic acids is 2. The smallest absolute Gasteiger partial charge is 0.274 e. The van der Waals surface area contributed by atoms with Gasteiger partial charge in [-0.2, -0.15) is 0 Å². The van der Waals surface area contributed by atoms with E-state index in [0.29, 0.717) is 5.69 Å². The number of benzene rings is 2. The summed E-state index contributed by atoms with van der Waals surface area (Å²) in [4.78, 5) is 29.3. The minimum absolute atomic E-state index is 0.191. The molecule has 0 aliphatic rings. The van der Waals surface area contributed by atoms with Gasteiger partial charge in [0.1, 0.15) is 11.4 Å². The predicted octanol–water partition coefficient (Wildman–Crippen LogP) is 4.71. The fourth-order valence-corrected chi connectivity index (χ4v) is 2.84. The molecule has 0 radical (unpaired) electrons.